The molecule has 33 heavy (non-hydrogen) atoms. The van der Waals surface area contributed by atoms with Gasteiger partial charge < -0.3 is 14.3 Å². The summed E-state index contributed by atoms with van der Waals surface area (Å²) in [5.41, 5.74) is 3.07. The van der Waals surface area contributed by atoms with E-state index in [0.29, 0.717) is 24.2 Å². The van der Waals surface area contributed by atoms with E-state index in [1.165, 1.54) is 25.0 Å². The van der Waals surface area contributed by atoms with E-state index in [2.05, 4.69) is 32.9 Å². The van der Waals surface area contributed by atoms with Crippen LogP contribution in [-0.4, -0.2) is 30.4 Å². The summed E-state index contributed by atoms with van der Waals surface area (Å²) in [5, 5.41) is 0. The number of hydrogen-bond donors (Lipinski definition) is 0. The highest BCUT2D eigenvalue weighted by molar-refractivity contribution is 5.66. The minimum Gasteiger partial charge on any atom is -0.463 e. The van der Waals surface area contributed by atoms with E-state index in [1.807, 2.05) is 0 Å². The van der Waals surface area contributed by atoms with Crippen LogP contribution < -0.4 is 0 Å². The number of aldehydes is 1. The van der Waals surface area contributed by atoms with Crippen LogP contribution in [-0.2, 0) is 23.9 Å². The van der Waals surface area contributed by atoms with Crippen LogP contribution in [0.1, 0.15) is 86.0 Å². The van der Waals surface area contributed by atoms with Gasteiger partial charge in [0, 0.05) is 26.2 Å². The Labute approximate surface area is 198 Å². The molecule has 4 aliphatic rings. The smallest absolute Gasteiger partial charge is 0.302 e. The second-order valence-electron chi connectivity index (χ2n) is 11.5. The Morgan fingerprint density at radius 1 is 1.12 bits per heavy atom. The van der Waals surface area contributed by atoms with E-state index in [1.54, 1.807) is 0 Å². The number of hydrogen-bond acceptors (Lipinski definition) is 5. The van der Waals surface area contributed by atoms with Crippen molar-refractivity contribution in [3.63, 3.8) is 0 Å². The Morgan fingerprint density at radius 3 is 2.52 bits per heavy atom. The summed E-state index contributed by atoms with van der Waals surface area (Å²) in [5.74, 6) is 0.944. The number of fused-ring (bicyclic) bond motifs is 5. The molecule has 0 amide bonds. The fraction of sp³-hybridized carbons (Fsp3) is 0.750. The van der Waals surface area contributed by atoms with Gasteiger partial charge in [-0.05, 0) is 73.5 Å². The maximum atomic E-state index is 12.1. The van der Waals surface area contributed by atoms with Crippen molar-refractivity contribution >= 4 is 18.2 Å². The van der Waals surface area contributed by atoms with Gasteiger partial charge in [-0.25, -0.2) is 0 Å². The van der Waals surface area contributed by atoms with Gasteiger partial charge in [-0.3, -0.25) is 9.59 Å². The van der Waals surface area contributed by atoms with Crippen LogP contribution in [0.25, 0.3) is 0 Å². The van der Waals surface area contributed by atoms with Gasteiger partial charge in [0.25, 0.3) is 0 Å². The lowest BCUT2D eigenvalue weighted by Gasteiger charge is -2.58. The van der Waals surface area contributed by atoms with Gasteiger partial charge in [-0.1, -0.05) is 44.1 Å². The van der Waals surface area contributed by atoms with Gasteiger partial charge in [0.05, 0.1) is 0 Å². The maximum Gasteiger partial charge on any atom is 0.302 e. The number of ether oxygens (including phenoxy) is 2. The molecule has 0 spiro atoms. The van der Waals surface area contributed by atoms with E-state index in [0.717, 1.165) is 51.2 Å². The third kappa shape index (κ3) is 4.21. The highest BCUT2D eigenvalue weighted by Crippen LogP contribution is 2.65. The number of allylic oxidation sites excluding steroid dienone is 3. The van der Waals surface area contributed by atoms with Crippen molar-refractivity contribution in [1.82, 2.24) is 0 Å². The molecule has 0 aliphatic heterocycles. The molecule has 0 aromatic heterocycles. The summed E-state index contributed by atoms with van der Waals surface area (Å²) in [7, 11) is 0. The van der Waals surface area contributed by atoms with Crippen LogP contribution in [0.4, 0.5) is 0 Å². The van der Waals surface area contributed by atoms with Crippen LogP contribution in [0, 0.1) is 34.5 Å². The van der Waals surface area contributed by atoms with E-state index in [9.17, 15) is 14.4 Å². The molecule has 4 rings (SSSR count). The monoisotopic (exact) mass is 456 g/mol. The van der Waals surface area contributed by atoms with E-state index in [-0.39, 0.29) is 40.9 Å². The summed E-state index contributed by atoms with van der Waals surface area (Å²) in [6, 6.07) is 0. The minimum absolute atomic E-state index is 0.0389. The summed E-state index contributed by atoms with van der Waals surface area (Å²) in [4.78, 5) is 34.7. The van der Waals surface area contributed by atoms with Crippen molar-refractivity contribution in [3.05, 3.63) is 23.3 Å². The third-order valence-corrected chi connectivity index (χ3v) is 9.52. The molecular formula is C28H40O5. The number of esters is 2. The van der Waals surface area contributed by atoms with E-state index >= 15 is 0 Å². The zero-order valence-corrected chi connectivity index (χ0v) is 20.9. The molecule has 0 saturated heterocycles. The van der Waals surface area contributed by atoms with Crippen molar-refractivity contribution in [2.45, 2.75) is 98.2 Å². The molecule has 2 saturated carbocycles. The first-order valence-corrected chi connectivity index (χ1v) is 12.8. The molecule has 5 heteroatoms. The van der Waals surface area contributed by atoms with Crippen molar-refractivity contribution in [3.8, 4) is 0 Å². The molecule has 4 aliphatic carbocycles. The second kappa shape index (κ2) is 9.03. The lowest BCUT2D eigenvalue weighted by Crippen LogP contribution is -2.54. The van der Waals surface area contributed by atoms with Crippen LogP contribution in [0.15, 0.2) is 23.3 Å². The molecule has 5 nitrogen and oxygen atoms in total. The Morgan fingerprint density at radius 2 is 1.85 bits per heavy atom. The molecule has 2 unspecified atom stereocenters. The average molecular weight is 457 g/mol. The molecule has 0 N–H and O–H groups in total. The topological polar surface area (TPSA) is 69.7 Å². The summed E-state index contributed by atoms with van der Waals surface area (Å²) >= 11 is 0. The quantitative estimate of drug-likeness (QED) is 0.297. The SMILES string of the molecule is CC(=O)O[C@@H]1CC[C@]2(C)C3=CC[C@]4(C)C([C@H](C)CCC=O)=CCC4C3[C@H](OC(C)=O)C[C@@H]2C1. The predicted octanol–water partition coefficient (Wildman–Crippen LogP) is 5.57. The molecule has 2 fully saturated rings. The first-order chi connectivity index (χ1) is 15.6. The van der Waals surface area contributed by atoms with Crippen LogP contribution in [0.5, 0.6) is 0 Å². The average Bonchev–Trinajstić information content (AvgIpc) is 3.09. The summed E-state index contributed by atoms with van der Waals surface area (Å²) in [6.45, 7) is 10.0. The molecule has 0 aromatic carbocycles. The largest absolute Gasteiger partial charge is 0.463 e. The summed E-state index contributed by atoms with van der Waals surface area (Å²) in [6.07, 6.45) is 12.8. The molecule has 0 heterocycles. The number of rotatable bonds is 6. The fourth-order valence-corrected chi connectivity index (χ4v) is 7.96. The van der Waals surface area contributed by atoms with Gasteiger partial charge in [0.15, 0.2) is 0 Å². The molecular weight excluding hydrogens is 416 g/mol. The maximum absolute atomic E-state index is 12.1. The number of carbonyl (C=O) groups is 3. The predicted molar refractivity (Wildman–Crippen MR) is 126 cm³/mol. The van der Waals surface area contributed by atoms with Crippen LogP contribution >= 0.6 is 0 Å². The van der Waals surface area contributed by atoms with Gasteiger partial charge in [0.2, 0.25) is 0 Å². The Bertz CT molecular complexity index is 872. The van der Waals surface area contributed by atoms with Gasteiger partial charge in [-0.15, -0.1) is 0 Å². The van der Waals surface area contributed by atoms with Crippen molar-refractivity contribution in [2.24, 2.45) is 34.5 Å². The molecule has 0 bridgehead atoms. The summed E-state index contributed by atoms with van der Waals surface area (Å²) < 4.78 is 11.6. The van der Waals surface area contributed by atoms with Crippen molar-refractivity contribution in [2.75, 3.05) is 0 Å². The Hall–Kier alpha value is -1.91. The fourth-order valence-electron chi connectivity index (χ4n) is 7.96. The molecule has 0 aromatic rings. The highest BCUT2D eigenvalue weighted by Gasteiger charge is 2.59. The van der Waals surface area contributed by atoms with Crippen molar-refractivity contribution in [1.29, 1.82) is 0 Å². The molecule has 0 radical (unpaired) electrons. The molecule has 8 atom stereocenters. The van der Waals surface area contributed by atoms with E-state index < -0.39 is 0 Å². The number of carbonyl (C=O) groups excluding carboxylic acids is 3. The van der Waals surface area contributed by atoms with Gasteiger partial charge in [0.1, 0.15) is 18.5 Å². The second-order valence-corrected chi connectivity index (χ2v) is 11.5. The van der Waals surface area contributed by atoms with Gasteiger partial charge >= 0.3 is 11.9 Å². The first kappa shape index (κ1) is 24.2. The Balaban J connectivity index is 1.66. The zero-order chi connectivity index (χ0) is 24.0. The zero-order valence-electron chi connectivity index (χ0n) is 20.9. The van der Waals surface area contributed by atoms with Gasteiger partial charge in [-0.2, -0.15) is 0 Å². The van der Waals surface area contributed by atoms with Crippen LogP contribution in [0.3, 0.4) is 0 Å². The minimum atomic E-state index is -0.215. The molecule has 182 valence electrons. The normalized spacial score (nSPS) is 40.3. The lowest BCUT2D eigenvalue weighted by atomic mass is 9.47. The van der Waals surface area contributed by atoms with E-state index in [4.69, 9.17) is 9.47 Å². The Kier molecular flexibility index (Phi) is 6.63. The van der Waals surface area contributed by atoms with Crippen LogP contribution in [0.2, 0.25) is 0 Å². The lowest BCUT2D eigenvalue weighted by molar-refractivity contribution is -0.160. The third-order valence-electron chi connectivity index (χ3n) is 9.52. The first-order valence-electron chi connectivity index (χ1n) is 12.8. The highest BCUT2D eigenvalue weighted by atomic mass is 16.5. The van der Waals surface area contributed by atoms with Crippen molar-refractivity contribution < 1.29 is 23.9 Å². The standard InChI is InChI=1S/C28H40O5/c1-17(7-6-14-29)22-8-9-23-26-24(11-13-28(22,23)5)27(4)12-10-21(32-18(2)30)15-20(27)16-25(26)33-19(3)31/h8,11,14,17,20-21,23,25-26H,6-7,9-10,12-13,15-16H2,1-5H3/t17-,20+,21-,23?,25-,26?,27+,28-/m1/s1.